The molecule has 2 heterocycles. The number of nitrogens with zero attached hydrogens (tertiary/aromatic N) is 2. The van der Waals surface area contributed by atoms with Gasteiger partial charge >= 0.3 is 5.97 Å². The van der Waals surface area contributed by atoms with Gasteiger partial charge in [-0.1, -0.05) is 6.07 Å². The molecular weight excluding hydrogens is 486 g/mol. The topological polar surface area (TPSA) is 120 Å². The molecule has 0 bridgehead atoms. The Kier molecular flexibility index (Phi) is 8.06. The lowest BCUT2D eigenvalue weighted by molar-refractivity contribution is -0.136. The SMILES string of the molecule is COc1cnc2c(c1)C(CC(=O)NCc1ccccn1)=C(C)/C2=C/c1cc(OC)c(CC(=O)O)c(OC)c1. The Hall–Kier alpha value is -4.66. The van der Waals surface area contributed by atoms with Crippen LogP contribution in [0.5, 0.6) is 17.2 Å². The van der Waals surface area contributed by atoms with Crippen molar-refractivity contribution in [3.8, 4) is 17.2 Å². The smallest absolute Gasteiger partial charge is 0.308 e. The summed E-state index contributed by atoms with van der Waals surface area (Å²) in [7, 11) is 4.55. The van der Waals surface area contributed by atoms with Crippen molar-refractivity contribution in [1.29, 1.82) is 0 Å². The Balaban J connectivity index is 1.72. The number of aromatic nitrogens is 2. The van der Waals surface area contributed by atoms with Crippen LogP contribution in [0.25, 0.3) is 17.2 Å². The van der Waals surface area contributed by atoms with E-state index in [-0.39, 0.29) is 18.7 Å². The Morgan fingerprint density at radius 2 is 1.74 bits per heavy atom. The van der Waals surface area contributed by atoms with Crippen LogP contribution in [0.1, 0.15) is 41.4 Å². The monoisotopic (exact) mass is 515 g/mol. The van der Waals surface area contributed by atoms with Gasteiger partial charge in [-0.25, -0.2) is 0 Å². The molecule has 38 heavy (non-hydrogen) atoms. The molecule has 9 heteroatoms. The van der Waals surface area contributed by atoms with Crippen LogP contribution in [0.2, 0.25) is 0 Å². The average molecular weight is 516 g/mol. The van der Waals surface area contributed by atoms with Crippen LogP contribution in [0, 0.1) is 0 Å². The summed E-state index contributed by atoms with van der Waals surface area (Å²) in [6.07, 6.45) is 5.18. The quantitative estimate of drug-likeness (QED) is 0.413. The molecule has 1 amide bonds. The second-order valence-corrected chi connectivity index (χ2v) is 8.68. The molecule has 0 fully saturated rings. The fourth-order valence-electron chi connectivity index (χ4n) is 4.44. The number of carboxylic acid groups (broad SMARTS) is 1. The van der Waals surface area contributed by atoms with Crippen molar-refractivity contribution >= 4 is 29.1 Å². The van der Waals surface area contributed by atoms with Gasteiger partial charge in [0.2, 0.25) is 5.91 Å². The van der Waals surface area contributed by atoms with Crippen molar-refractivity contribution in [2.75, 3.05) is 21.3 Å². The molecule has 0 spiro atoms. The summed E-state index contributed by atoms with van der Waals surface area (Å²) in [5.41, 5.74) is 6.11. The first-order valence-corrected chi connectivity index (χ1v) is 11.9. The highest BCUT2D eigenvalue weighted by molar-refractivity contribution is 6.07. The molecule has 0 radical (unpaired) electrons. The lowest BCUT2D eigenvalue weighted by Gasteiger charge is -2.14. The van der Waals surface area contributed by atoms with E-state index in [1.807, 2.05) is 37.3 Å². The van der Waals surface area contributed by atoms with Gasteiger partial charge in [0.05, 0.1) is 58.3 Å². The minimum atomic E-state index is -0.986. The van der Waals surface area contributed by atoms with Crippen LogP contribution in [0.3, 0.4) is 0 Å². The number of hydrogen-bond acceptors (Lipinski definition) is 7. The molecule has 1 aromatic carbocycles. The lowest BCUT2D eigenvalue weighted by Crippen LogP contribution is -2.23. The van der Waals surface area contributed by atoms with E-state index in [2.05, 4.69) is 15.3 Å². The molecule has 1 aliphatic carbocycles. The number of aliphatic carboxylic acids is 1. The Labute approximate surface area is 220 Å². The number of carbonyl (C=O) groups excluding carboxylic acids is 1. The summed E-state index contributed by atoms with van der Waals surface area (Å²) in [5, 5.41) is 12.2. The average Bonchev–Trinajstić information content (AvgIpc) is 3.17. The number of amides is 1. The molecule has 9 nitrogen and oxygen atoms in total. The largest absolute Gasteiger partial charge is 0.496 e. The predicted molar refractivity (Wildman–Crippen MR) is 143 cm³/mol. The van der Waals surface area contributed by atoms with Gasteiger partial charge in [-0.3, -0.25) is 19.6 Å². The minimum Gasteiger partial charge on any atom is -0.496 e. The molecule has 0 aliphatic heterocycles. The molecule has 2 aromatic heterocycles. The van der Waals surface area contributed by atoms with Crippen molar-refractivity contribution in [3.63, 3.8) is 0 Å². The van der Waals surface area contributed by atoms with Gasteiger partial charge < -0.3 is 24.6 Å². The first-order chi connectivity index (χ1) is 18.3. The van der Waals surface area contributed by atoms with Gasteiger partial charge in [-0.15, -0.1) is 0 Å². The Morgan fingerprint density at radius 1 is 1.00 bits per heavy atom. The number of fused-ring (bicyclic) bond motifs is 1. The summed E-state index contributed by atoms with van der Waals surface area (Å²) >= 11 is 0. The van der Waals surface area contributed by atoms with E-state index in [4.69, 9.17) is 14.2 Å². The molecule has 3 aromatic rings. The number of hydrogen-bond donors (Lipinski definition) is 2. The fraction of sp³-hybridized carbons (Fsp3) is 0.241. The van der Waals surface area contributed by atoms with Gasteiger partial charge in [0.25, 0.3) is 0 Å². The van der Waals surface area contributed by atoms with Crippen LogP contribution in [-0.4, -0.2) is 48.3 Å². The molecular formula is C29H29N3O6. The highest BCUT2D eigenvalue weighted by atomic mass is 16.5. The van der Waals surface area contributed by atoms with Crippen LogP contribution < -0.4 is 19.5 Å². The highest BCUT2D eigenvalue weighted by Gasteiger charge is 2.27. The van der Waals surface area contributed by atoms with Crippen LogP contribution >= 0.6 is 0 Å². The Bertz CT molecular complexity index is 1400. The van der Waals surface area contributed by atoms with Crippen LogP contribution in [-0.2, 0) is 22.6 Å². The van der Waals surface area contributed by atoms with Crippen molar-refractivity contribution in [3.05, 3.63) is 82.4 Å². The van der Waals surface area contributed by atoms with Gasteiger partial charge in [0, 0.05) is 22.9 Å². The maximum Gasteiger partial charge on any atom is 0.308 e. The maximum absolute atomic E-state index is 12.9. The van der Waals surface area contributed by atoms with Crippen molar-refractivity contribution in [2.24, 2.45) is 0 Å². The van der Waals surface area contributed by atoms with E-state index >= 15 is 0 Å². The fourth-order valence-corrected chi connectivity index (χ4v) is 4.44. The van der Waals surface area contributed by atoms with Crippen LogP contribution in [0.15, 0.2) is 54.4 Å². The number of ether oxygens (including phenoxy) is 3. The van der Waals surface area contributed by atoms with Gasteiger partial charge in [-0.2, -0.15) is 0 Å². The molecule has 0 atom stereocenters. The first kappa shape index (κ1) is 26.4. The second kappa shape index (κ2) is 11.6. The minimum absolute atomic E-state index is 0.138. The highest BCUT2D eigenvalue weighted by Crippen LogP contribution is 2.44. The number of benzene rings is 1. The lowest BCUT2D eigenvalue weighted by atomic mass is 10.0. The molecule has 1 aliphatic rings. The maximum atomic E-state index is 12.9. The number of pyridine rings is 2. The van der Waals surface area contributed by atoms with E-state index in [9.17, 15) is 14.7 Å². The molecule has 0 saturated carbocycles. The zero-order chi connectivity index (χ0) is 27.2. The zero-order valence-electron chi connectivity index (χ0n) is 21.7. The van der Waals surface area contributed by atoms with Gasteiger partial charge in [0.1, 0.15) is 17.2 Å². The van der Waals surface area contributed by atoms with E-state index < -0.39 is 5.97 Å². The third-order valence-corrected chi connectivity index (χ3v) is 6.33. The Morgan fingerprint density at radius 3 is 2.34 bits per heavy atom. The molecule has 2 N–H and O–H groups in total. The number of carbonyl (C=O) groups is 2. The predicted octanol–water partition coefficient (Wildman–Crippen LogP) is 4.16. The van der Waals surface area contributed by atoms with Crippen molar-refractivity contribution < 1.29 is 28.9 Å². The molecule has 196 valence electrons. The number of carboxylic acids is 1. The van der Waals surface area contributed by atoms with E-state index in [0.717, 1.165) is 39.2 Å². The summed E-state index contributed by atoms with van der Waals surface area (Å²) < 4.78 is 16.4. The first-order valence-electron chi connectivity index (χ1n) is 11.9. The van der Waals surface area contributed by atoms with Crippen LogP contribution in [0.4, 0.5) is 0 Å². The normalized spacial score (nSPS) is 13.3. The van der Waals surface area contributed by atoms with E-state index in [1.54, 1.807) is 31.6 Å². The van der Waals surface area contributed by atoms with E-state index in [0.29, 0.717) is 29.4 Å². The third-order valence-electron chi connectivity index (χ3n) is 6.33. The second-order valence-electron chi connectivity index (χ2n) is 8.68. The number of methoxy groups -OCH3 is 3. The molecule has 4 rings (SSSR count). The standard InChI is InChI=1S/C29H29N3O6/c1-17-21(13-27(33)31-15-19-7-5-6-8-30-19)23-12-20(36-2)16-32-29(23)22(17)9-18-10-25(37-3)24(14-28(34)35)26(11-18)38-4/h5-12,16H,13-15H2,1-4H3,(H,31,33)(H,34,35)/b22-9-. The van der Waals surface area contributed by atoms with Gasteiger partial charge in [0.15, 0.2) is 0 Å². The van der Waals surface area contributed by atoms with Gasteiger partial charge in [-0.05, 0) is 60.0 Å². The number of rotatable bonds is 10. The number of nitrogens with one attached hydrogen (secondary N) is 1. The summed E-state index contributed by atoms with van der Waals surface area (Å²) in [5.74, 6) is 0.290. The molecule has 0 saturated heterocycles. The van der Waals surface area contributed by atoms with E-state index in [1.165, 1.54) is 14.2 Å². The summed E-state index contributed by atoms with van der Waals surface area (Å²) in [6, 6.07) is 11.0. The molecule has 0 unspecified atom stereocenters. The van der Waals surface area contributed by atoms with Crippen molar-refractivity contribution in [2.45, 2.75) is 26.3 Å². The summed E-state index contributed by atoms with van der Waals surface area (Å²) in [4.78, 5) is 33.2. The number of allylic oxidation sites excluding steroid dienone is 2. The third kappa shape index (κ3) is 5.67. The van der Waals surface area contributed by atoms with Crippen molar-refractivity contribution in [1.82, 2.24) is 15.3 Å². The summed E-state index contributed by atoms with van der Waals surface area (Å²) in [6.45, 7) is 2.29. The zero-order valence-corrected chi connectivity index (χ0v) is 21.7.